The van der Waals surface area contributed by atoms with Crippen LogP contribution in [-0.2, 0) is 4.74 Å². The number of halogens is 2. The van der Waals surface area contributed by atoms with Gasteiger partial charge in [0.2, 0.25) is 6.09 Å². The van der Waals surface area contributed by atoms with E-state index in [-0.39, 0.29) is 43.4 Å². The maximum atomic E-state index is 12.7. The van der Waals surface area contributed by atoms with E-state index in [4.69, 9.17) is 4.74 Å². The Hall–Kier alpha value is -0.455. The molecule has 0 aliphatic rings. The molecule has 0 aliphatic heterocycles. The first-order chi connectivity index (χ1) is 7.28. The first kappa shape index (κ1) is 19.9. The summed E-state index contributed by atoms with van der Waals surface area (Å²) in [5.74, 6) is -2.21. The summed E-state index contributed by atoms with van der Waals surface area (Å²) in [5.41, 5.74) is -0.785. The molecule has 0 aliphatic carbocycles. The number of nitrogens with zero attached hydrogens (tertiary/aromatic N) is 1. The van der Waals surface area contributed by atoms with Crippen molar-refractivity contribution in [2.24, 2.45) is 0 Å². The molecule has 88 valence electrons. The van der Waals surface area contributed by atoms with E-state index in [1.165, 1.54) is 0 Å². The number of benzene rings is 1. The number of hydrogen-bond donors (Lipinski definition) is 0. The first-order valence-corrected chi connectivity index (χ1v) is 4.60. The Morgan fingerprint density at radius 2 is 1.83 bits per heavy atom. The number of amides is 1. The zero-order valence-electron chi connectivity index (χ0n) is 11.2. The quantitative estimate of drug-likeness (QED) is 0.410. The molecule has 0 atom stereocenters. The molecule has 0 aromatic heterocycles. The van der Waals surface area contributed by atoms with Crippen molar-refractivity contribution in [2.45, 2.75) is 26.4 Å². The minimum atomic E-state index is -1.18. The van der Waals surface area contributed by atoms with E-state index in [9.17, 15) is 13.6 Å². The summed E-state index contributed by atoms with van der Waals surface area (Å²) >= 11 is 0. The maximum absolute atomic E-state index is 12.7. The number of hydrogen-bond acceptors (Lipinski definition) is 2. The molecule has 0 heterocycles. The van der Waals surface area contributed by atoms with Gasteiger partial charge in [0.15, 0.2) is 0 Å². The summed E-state index contributed by atoms with van der Waals surface area (Å²) in [4.78, 5) is 11.2. The van der Waals surface area contributed by atoms with Crippen molar-refractivity contribution in [1.29, 1.82) is 0 Å². The second-order valence-corrected chi connectivity index (χ2v) is 4.10. The average molecular weight is 241 g/mol. The fourth-order valence-corrected chi connectivity index (χ4v) is 0.887. The van der Waals surface area contributed by atoms with Crippen LogP contribution in [0.5, 0.6) is 0 Å². The minimum absolute atomic E-state index is 0. The standard InChI is InChI=1S/C11H12F2NO2.2Li/c1-11(2,3)16-10(15)14-7-4-5-8(12)9(13)6-7;;/h4-5H,1-3H3,(H,14,15);;/q-1;2*+1/p-1. The van der Waals surface area contributed by atoms with Crippen molar-refractivity contribution in [1.82, 2.24) is 0 Å². The average Bonchev–Trinajstić information content (AvgIpc) is 2.08. The molecule has 1 rings (SSSR count). The fourth-order valence-electron chi connectivity index (χ4n) is 0.887. The first-order valence-electron chi connectivity index (χ1n) is 4.60. The van der Waals surface area contributed by atoms with Crippen molar-refractivity contribution in [3.63, 3.8) is 0 Å². The predicted octanol–water partition coefficient (Wildman–Crippen LogP) is -2.29. The van der Waals surface area contributed by atoms with Gasteiger partial charge in [-0.25, -0.2) is 4.39 Å². The third-order valence-corrected chi connectivity index (χ3v) is 1.44. The van der Waals surface area contributed by atoms with E-state index in [1.54, 1.807) is 20.8 Å². The molecule has 0 spiro atoms. The van der Waals surface area contributed by atoms with Crippen LogP contribution in [0, 0.1) is 17.7 Å². The Morgan fingerprint density at radius 3 is 2.28 bits per heavy atom. The molecule has 0 saturated heterocycles. The van der Waals surface area contributed by atoms with E-state index < -0.39 is 23.3 Å². The summed E-state index contributed by atoms with van der Waals surface area (Å²) in [5, 5.41) is 3.42. The number of rotatable bonds is 1. The molecule has 3 nitrogen and oxygen atoms in total. The Labute approximate surface area is 129 Å². The van der Waals surface area contributed by atoms with E-state index in [0.29, 0.717) is 0 Å². The van der Waals surface area contributed by atoms with Crippen LogP contribution in [0.2, 0.25) is 0 Å². The number of carbonyl (C=O) groups excluding carboxylic acids is 1. The second kappa shape index (κ2) is 7.87. The molecule has 0 radical (unpaired) electrons. The van der Waals surface area contributed by atoms with Crippen LogP contribution in [0.4, 0.5) is 19.3 Å². The molecule has 0 unspecified atom stereocenters. The molecular weight excluding hydrogens is 230 g/mol. The van der Waals surface area contributed by atoms with Crippen LogP contribution in [0.25, 0.3) is 5.32 Å². The van der Waals surface area contributed by atoms with E-state index >= 15 is 0 Å². The van der Waals surface area contributed by atoms with Crippen LogP contribution in [-0.4, -0.2) is 11.7 Å². The summed E-state index contributed by atoms with van der Waals surface area (Å²) < 4.78 is 30.1. The molecule has 1 aromatic rings. The Kier molecular flexibility index (Phi) is 8.68. The van der Waals surface area contributed by atoms with Gasteiger partial charge in [0.1, 0.15) is 5.60 Å². The van der Waals surface area contributed by atoms with Gasteiger partial charge in [0.25, 0.3) is 0 Å². The number of carbonyl (C=O) groups is 1. The van der Waals surface area contributed by atoms with Crippen LogP contribution >= 0.6 is 0 Å². The number of ether oxygens (including phenoxy) is 1. The summed E-state index contributed by atoms with van der Waals surface area (Å²) in [6.07, 6.45) is -0.866. The van der Waals surface area contributed by atoms with Gasteiger partial charge in [-0.1, -0.05) is 0 Å². The molecule has 0 fully saturated rings. The molecule has 1 amide bonds. The van der Waals surface area contributed by atoms with Crippen LogP contribution in [0.3, 0.4) is 0 Å². The Morgan fingerprint density at radius 1 is 1.28 bits per heavy atom. The predicted molar refractivity (Wildman–Crippen MR) is 54.4 cm³/mol. The zero-order valence-corrected chi connectivity index (χ0v) is 11.2. The van der Waals surface area contributed by atoms with Crippen molar-refractivity contribution < 1.29 is 56.0 Å². The second-order valence-electron chi connectivity index (χ2n) is 4.10. The molecular formula is C11H11F2Li2NO2. The van der Waals surface area contributed by atoms with Crippen LogP contribution in [0.1, 0.15) is 20.8 Å². The summed E-state index contributed by atoms with van der Waals surface area (Å²) in [6, 6.07) is 3.99. The van der Waals surface area contributed by atoms with Crippen LogP contribution < -0.4 is 37.7 Å². The van der Waals surface area contributed by atoms with Crippen LogP contribution in [0.15, 0.2) is 12.1 Å². The molecule has 0 N–H and O–H groups in total. The van der Waals surface area contributed by atoms with Crippen molar-refractivity contribution >= 4 is 11.8 Å². The third kappa shape index (κ3) is 7.08. The van der Waals surface area contributed by atoms with Gasteiger partial charge in [-0.05, 0) is 20.8 Å². The van der Waals surface area contributed by atoms with Crippen molar-refractivity contribution in [3.05, 3.63) is 35.2 Å². The third-order valence-electron chi connectivity index (χ3n) is 1.44. The van der Waals surface area contributed by atoms with Gasteiger partial charge in [-0.3, -0.25) is 14.9 Å². The van der Waals surface area contributed by atoms with Gasteiger partial charge in [-0.15, -0.1) is 6.07 Å². The molecule has 0 saturated carbocycles. The summed E-state index contributed by atoms with van der Waals surface area (Å²) in [7, 11) is 0. The van der Waals surface area contributed by atoms with Gasteiger partial charge >= 0.3 is 37.7 Å². The van der Waals surface area contributed by atoms with E-state index in [2.05, 4.69) is 5.32 Å². The maximum Gasteiger partial charge on any atom is 1.00 e. The Bertz CT molecular complexity index is 409. The van der Waals surface area contributed by atoms with E-state index in [0.717, 1.165) is 12.1 Å². The molecule has 7 heteroatoms. The van der Waals surface area contributed by atoms with Gasteiger partial charge < -0.3 is 10.1 Å². The largest absolute Gasteiger partial charge is 1.00 e. The van der Waals surface area contributed by atoms with Gasteiger partial charge in [0.05, 0.1) is 0 Å². The normalized spacial score (nSPS) is 9.83. The SMILES string of the molecule is CC(C)(C)OC(=O)[N-]c1[c-]c(F)c(F)cc1.[Li+].[Li+]. The van der Waals surface area contributed by atoms with Crippen molar-refractivity contribution in [3.8, 4) is 0 Å². The fraction of sp³-hybridized carbons (Fsp3) is 0.364. The molecule has 18 heavy (non-hydrogen) atoms. The van der Waals surface area contributed by atoms with Crippen molar-refractivity contribution in [2.75, 3.05) is 0 Å². The Balaban J connectivity index is 0. The van der Waals surface area contributed by atoms with E-state index in [1.807, 2.05) is 6.07 Å². The molecule has 0 bridgehead atoms. The monoisotopic (exact) mass is 241 g/mol. The topological polar surface area (TPSA) is 40.4 Å². The smallest absolute Gasteiger partial charge is 0.612 e. The van der Waals surface area contributed by atoms with Gasteiger partial charge in [0, 0.05) is 11.6 Å². The minimum Gasteiger partial charge on any atom is -0.612 e. The molecule has 1 aromatic carbocycles. The zero-order chi connectivity index (χ0) is 12.3. The summed E-state index contributed by atoms with van der Waals surface area (Å²) in [6.45, 7) is 5.03. The van der Waals surface area contributed by atoms with Gasteiger partial charge in [-0.2, -0.15) is 12.1 Å².